The second kappa shape index (κ2) is 6.24. The predicted octanol–water partition coefficient (Wildman–Crippen LogP) is 4.14. The molecule has 0 fully saturated rings. The minimum atomic E-state index is -0.319. The van der Waals surface area contributed by atoms with Crippen LogP contribution in [0.15, 0.2) is 42.5 Å². The van der Waals surface area contributed by atoms with Gasteiger partial charge in [-0.2, -0.15) is 0 Å². The second-order valence-corrected chi connectivity index (χ2v) is 6.02. The molecule has 0 saturated heterocycles. The van der Waals surface area contributed by atoms with Crippen molar-refractivity contribution in [2.75, 3.05) is 0 Å². The van der Waals surface area contributed by atoms with Gasteiger partial charge < -0.3 is 9.72 Å². The van der Waals surface area contributed by atoms with Gasteiger partial charge in [-0.1, -0.05) is 32.0 Å². The van der Waals surface area contributed by atoms with Crippen LogP contribution in [0, 0.1) is 6.92 Å². The van der Waals surface area contributed by atoms with Crippen LogP contribution in [0.5, 0.6) is 5.75 Å². The molecule has 0 aliphatic carbocycles. The van der Waals surface area contributed by atoms with Crippen molar-refractivity contribution in [3.63, 3.8) is 0 Å². The largest absolute Gasteiger partial charge is 0.426 e. The third kappa shape index (κ3) is 3.42. The summed E-state index contributed by atoms with van der Waals surface area (Å²) in [5.41, 5.74) is 4.18. The van der Waals surface area contributed by atoms with Crippen molar-refractivity contribution >= 4 is 17.0 Å². The van der Waals surface area contributed by atoms with Crippen LogP contribution in [-0.2, 0) is 11.2 Å². The third-order valence-electron chi connectivity index (χ3n) is 3.85. The Morgan fingerprint density at radius 1 is 1.22 bits per heavy atom. The van der Waals surface area contributed by atoms with E-state index in [0.717, 1.165) is 16.6 Å². The first-order valence-electron chi connectivity index (χ1n) is 7.78. The van der Waals surface area contributed by atoms with E-state index < -0.39 is 0 Å². The molecule has 23 heavy (non-hydrogen) atoms. The van der Waals surface area contributed by atoms with Crippen LogP contribution in [0.25, 0.3) is 11.0 Å². The molecule has 0 aliphatic heterocycles. The molecular weight excluding hydrogens is 288 g/mol. The number of imidazole rings is 1. The van der Waals surface area contributed by atoms with Crippen molar-refractivity contribution in [2.45, 2.75) is 33.1 Å². The summed E-state index contributed by atoms with van der Waals surface area (Å²) in [6.07, 6.45) is 0.125. The Morgan fingerprint density at radius 3 is 2.70 bits per heavy atom. The number of para-hydroxylation sites is 2. The summed E-state index contributed by atoms with van der Waals surface area (Å²) >= 11 is 0. The number of esters is 1. The Labute approximate surface area is 135 Å². The lowest BCUT2D eigenvalue weighted by Crippen LogP contribution is -2.12. The molecule has 2 aromatic carbocycles. The van der Waals surface area contributed by atoms with Gasteiger partial charge in [0.15, 0.2) is 0 Å². The first-order valence-corrected chi connectivity index (χ1v) is 7.78. The Morgan fingerprint density at radius 2 is 2.00 bits per heavy atom. The number of benzene rings is 2. The van der Waals surface area contributed by atoms with E-state index >= 15 is 0 Å². The molecule has 0 bridgehead atoms. The number of fused-ring (bicyclic) bond motifs is 1. The lowest BCUT2D eigenvalue weighted by atomic mass is 9.98. The maximum atomic E-state index is 12.1. The fourth-order valence-electron chi connectivity index (χ4n) is 2.75. The molecule has 0 saturated carbocycles. The third-order valence-corrected chi connectivity index (χ3v) is 3.85. The Hall–Kier alpha value is -2.62. The molecule has 0 radical (unpaired) electrons. The lowest BCUT2D eigenvalue weighted by Gasteiger charge is -2.11. The highest BCUT2D eigenvalue weighted by molar-refractivity contribution is 5.78. The summed E-state index contributed by atoms with van der Waals surface area (Å²) in [7, 11) is 0. The first kappa shape index (κ1) is 15.3. The zero-order valence-corrected chi connectivity index (χ0v) is 13.6. The molecular formula is C19H20N2O2. The van der Waals surface area contributed by atoms with Gasteiger partial charge in [0.2, 0.25) is 0 Å². The van der Waals surface area contributed by atoms with E-state index in [1.54, 1.807) is 0 Å². The van der Waals surface area contributed by atoms with E-state index in [9.17, 15) is 4.79 Å². The molecule has 1 heterocycles. The number of carbonyl (C=O) groups excluding carboxylic acids is 1. The molecule has 3 aromatic rings. The molecule has 0 unspecified atom stereocenters. The molecule has 1 N–H and O–H groups in total. The fraction of sp³-hybridized carbons (Fsp3) is 0.263. The van der Waals surface area contributed by atoms with E-state index in [1.165, 1.54) is 5.56 Å². The SMILES string of the molecule is Cc1cc(OC(=O)Cc2nc3ccccc3[nH]2)ccc1C(C)C. The number of H-pyrrole nitrogens is 1. The van der Waals surface area contributed by atoms with Crippen LogP contribution >= 0.6 is 0 Å². The number of hydrogen-bond acceptors (Lipinski definition) is 3. The van der Waals surface area contributed by atoms with Crippen molar-refractivity contribution < 1.29 is 9.53 Å². The average molecular weight is 308 g/mol. The summed E-state index contributed by atoms with van der Waals surface area (Å²) in [4.78, 5) is 19.6. The normalized spacial score (nSPS) is 11.1. The van der Waals surface area contributed by atoms with E-state index in [-0.39, 0.29) is 12.4 Å². The van der Waals surface area contributed by atoms with E-state index in [2.05, 4.69) is 23.8 Å². The van der Waals surface area contributed by atoms with Crippen molar-refractivity contribution in [1.82, 2.24) is 9.97 Å². The summed E-state index contributed by atoms with van der Waals surface area (Å²) < 4.78 is 5.43. The minimum absolute atomic E-state index is 0.125. The highest BCUT2D eigenvalue weighted by Gasteiger charge is 2.12. The molecule has 4 heteroatoms. The van der Waals surface area contributed by atoms with E-state index in [0.29, 0.717) is 17.5 Å². The maximum Gasteiger partial charge on any atom is 0.318 e. The zero-order chi connectivity index (χ0) is 16.4. The standard InChI is InChI=1S/C19H20N2O2/c1-12(2)15-9-8-14(10-13(15)3)23-19(22)11-18-20-16-6-4-5-7-17(16)21-18/h4-10,12H,11H2,1-3H3,(H,20,21). The number of ether oxygens (including phenoxy) is 1. The van der Waals surface area contributed by atoms with Gasteiger partial charge in [-0.25, -0.2) is 4.98 Å². The van der Waals surface area contributed by atoms with Gasteiger partial charge in [0, 0.05) is 0 Å². The number of aryl methyl sites for hydroxylation is 1. The van der Waals surface area contributed by atoms with Crippen LogP contribution in [0.4, 0.5) is 0 Å². The Kier molecular flexibility index (Phi) is 4.15. The predicted molar refractivity (Wildman–Crippen MR) is 90.7 cm³/mol. The van der Waals surface area contributed by atoms with E-state index in [1.807, 2.05) is 49.4 Å². The van der Waals surface area contributed by atoms with Crippen LogP contribution < -0.4 is 4.74 Å². The highest BCUT2D eigenvalue weighted by Crippen LogP contribution is 2.23. The molecule has 0 amide bonds. The van der Waals surface area contributed by atoms with Crippen LogP contribution in [-0.4, -0.2) is 15.9 Å². The quantitative estimate of drug-likeness (QED) is 0.582. The number of aromatic nitrogens is 2. The second-order valence-electron chi connectivity index (χ2n) is 6.02. The lowest BCUT2D eigenvalue weighted by molar-refractivity contribution is -0.133. The van der Waals surface area contributed by atoms with Gasteiger partial charge in [0.25, 0.3) is 0 Å². The van der Waals surface area contributed by atoms with Gasteiger partial charge >= 0.3 is 5.97 Å². The fourth-order valence-corrected chi connectivity index (χ4v) is 2.75. The summed E-state index contributed by atoms with van der Waals surface area (Å²) in [6.45, 7) is 6.33. The number of carbonyl (C=O) groups is 1. The molecule has 1 aromatic heterocycles. The molecule has 0 aliphatic rings. The molecule has 0 atom stereocenters. The van der Waals surface area contributed by atoms with E-state index in [4.69, 9.17) is 4.74 Å². The van der Waals surface area contributed by atoms with Crippen molar-refractivity contribution in [3.05, 3.63) is 59.4 Å². The first-order chi connectivity index (χ1) is 11.0. The zero-order valence-electron chi connectivity index (χ0n) is 13.6. The topological polar surface area (TPSA) is 55.0 Å². The summed E-state index contributed by atoms with van der Waals surface area (Å²) in [5.74, 6) is 1.33. The molecule has 4 nitrogen and oxygen atoms in total. The highest BCUT2D eigenvalue weighted by atomic mass is 16.5. The maximum absolute atomic E-state index is 12.1. The summed E-state index contributed by atoms with van der Waals surface area (Å²) in [6, 6.07) is 13.5. The van der Waals surface area contributed by atoms with Crippen LogP contribution in [0.1, 0.15) is 36.7 Å². The van der Waals surface area contributed by atoms with Gasteiger partial charge in [-0.3, -0.25) is 4.79 Å². The van der Waals surface area contributed by atoms with Gasteiger partial charge in [0.05, 0.1) is 11.0 Å². The molecule has 3 rings (SSSR count). The molecule has 118 valence electrons. The van der Waals surface area contributed by atoms with Crippen molar-refractivity contribution in [3.8, 4) is 5.75 Å². The average Bonchev–Trinajstić information content (AvgIpc) is 2.88. The van der Waals surface area contributed by atoms with Gasteiger partial charge in [0.1, 0.15) is 18.0 Å². The minimum Gasteiger partial charge on any atom is -0.426 e. The van der Waals surface area contributed by atoms with Gasteiger partial charge in [-0.15, -0.1) is 0 Å². The number of aromatic amines is 1. The Bertz CT molecular complexity index is 816. The number of nitrogens with zero attached hydrogens (tertiary/aromatic N) is 1. The van der Waals surface area contributed by atoms with Crippen LogP contribution in [0.2, 0.25) is 0 Å². The monoisotopic (exact) mass is 308 g/mol. The smallest absolute Gasteiger partial charge is 0.318 e. The van der Waals surface area contributed by atoms with Crippen LogP contribution in [0.3, 0.4) is 0 Å². The van der Waals surface area contributed by atoms with Crippen molar-refractivity contribution in [2.24, 2.45) is 0 Å². The number of rotatable bonds is 4. The number of nitrogens with one attached hydrogen (secondary N) is 1. The summed E-state index contributed by atoms with van der Waals surface area (Å²) in [5, 5.41) is 0. The molecule has 0 spiro atoms. The Balaban J connectivity index is 1.70. The number of hydrogen-bond donors (Lipinski definition) is 1. The van der Waals surface area contributed by atoms with Crippen molar-refractivity contribution in [1.29, 1.82) is 0 Å². The van der Waals surface area contributed by atoms with Gasteiger partial charge in [-0.05, 0) is 48.2 Å².